The number of hydrogen-bond acceptors (Lipinski definition) is 5. The molecule has 0 atom stereocenters. The van der Waals surface area contributed by atoms with E-state index >= 15 is 0 Å². The van der Waals surface area contributed by atoms with E-state index < -0.39 is 29.1 Å². The van der Waals surface area contributed by atoms with Crippen LogP contribution in [-0.2, 0) is 24.3 Å². The van der Waals surface area contributed by atoms with Crippen LogP contribution in [0.4, 0.5) is 0 Å². The Morgan fingerprint density at radius 1 is 1.27 bits per heavy atom. The lowest BCUT2D eigenvalue weighted by molar-refractivity contribution is -0.150. The third-order valence-electron chi connectivity index (χ3n) is 3.21. The second-order valence-corrected chi connectivity index (χ2v) is 7.26. The number of sulfonamides is 1. The van der Waals surface area contributed by atoms with Gasteiger partial charge in [-0.15, -0.1) is 0 Å². The highest BCUT2D eigenvalue weighted by atomic mass is 32.2. The van der Waals surface area contributed by atoms with Crippen molar-refractivity contribution in [3.8, 4) is 0 Å². The highest BCUT2D eigenvalue weighted by molar-refractivity contribution is 7.92. The molecule has 0 spiro atoms. The average molecular weight is 380 g/mol. The Hall–Kier alpha value is -2.45. The molecular weight excluding hydrogens is 356 g/mol. The first-order chi connectivity index (χ1) is 12.2. The van der Waals surface area contributed by atoms with Crippen LogP contribution >= 0.6 is 0 Å². The summed E-state index contributed by atoms with van der Waals surface area (Å²) >= 11 is 0. The van der Waals surface area contributed by atoms with Gasteiger partial charge in [0, 0.05) is 18.5 Å². The molecule has 0 aromatic heterocycles. The maximum atomic E-state index is 11.9. The summed E-state index contributed by atoms with van der Waals surface area (Å²) in [5, 5.41) is 0.965. The van der Waals surface area contributed by atoms with Crippen LogP contribution in [0.3, 0.4) is 0 Å². The molecule has 1 N–H and O–H groups in total. The number of carbonyl (C=O) groups excluding carboxylic acids is 2. The molecular formula is C18H24N2O5S. The van der Waals surface area contributed by atoms with E-state index in [1.165, 1.54) is 11.0 Å². The van der Waals surface area contributed by atoms with E-state index in [0.29, 0.717) is 18.7 Å². The van der Waals surface area contributed by atoms with Gasteiger partial charge in [0.05, 0.1) is 0 Å². The van der Waals surface area contributed by atoms with Gasteiger partial charge in [0.15, 0.2) is 6.61 Å². The van der Waals surface area contributed by atoms with Gasteiger partial charge in [-0.05, 0) is 25.5 Å². The summed E-state index contributed by atoms with van der Waals surface area (Å²) < 4.78 is 30.6. The zero-order valence-corrected chi connectivity index (χ0v) is 15.8. The van der Waals surface area contributed by atoms with E-state index in [1.54, 1.807) is 38.1 Å². The van der Waals surface area contributed by atoms with E-state index in [1.807, 2.05) is 6.07 Å². The molecule has 1 aromatic rings. The molecule has 7 nitrogen and oxygen atoms in total. The highest BCUT2D eigenvalue weighted by Gasteiger charge is 2.15. The number of amides is 1. The number of nitrogens with one attached hydrogen (secondary N) is 1. The number of benzene rings is 1. The Kier molecular flexibility index (Phi) is 8.74. The van der Waals surface area contributed by atoms with E-state index in [4.69, 9.17) is 4.74 Å². The van der Waals surface area contributed by atoms with Crippen molar-refractivity contribution in [2.75, 3.05) is 26.2 Å². The predicted molar refractivity (Wildman–Crippen MR) is 100 cm³/mol. The first-order valence-electron chi connectivity index (χ1n) is 8.04. The lowest BCUT2D eigenvalue weighted by Crippen LogP contribution is -2.37. The summed E-state index contributed by atoms with van der Waals surface area (Å²) in [4.78, 5) is 25.1. The Morgan fingerprint density at radius 3 is 2.50 bits per heavy atom. The second-order valence-electron chi connectivity index (χ2n) is 5.61. The van der Waals surface area contributed by atoms with E-state index in [0.717, 1.165) is 11.0 Å². The quantitative estimate of drug-likeness (QED) is 0.491. The number of carbonyl (C=O) groups is 2. The summed E-state index contributed by atoms with van der Waals surface area (Å²) in [6, 6.07) is 8.87. The van der Waals surface area contributed by atoms with Crippen molar-refractivity contribution in [3.05, 3.63) is 53.5 Å². The van der Waals surface area contributed by atoms with Crippen LogP contribution < -0.4 is 4.72 Å². The fourth-order valence-electron chi connectivity index (χ4n) is 1.93. The van der Waals surface area contributed by atoms with Crippen molar-refractivity contribution in [1.29, 1.82) is 0 Å². The van der Waals surface area contributed by atoms with Crippen molar-refractivity contribution in [2.24, 2.45) is 0 Å². The Balaban J connectivity index is 2.44. The minimum Gasteiger partial charge on any atom is -0.455 e. The summed E-state index contributed by atoms with van der Waals surface area (Å²) in [5.74, 6) is -1.20. The first-order valence-corrected chi connectivity index (χ1v) is 9.58. The number of nitrogens with zero attached hydrogens (tertiary/aromatic N) is 1. The molecule has 8 heteroatoms. The Morgan fingerprint density at radius 2 is 1.92 bits per heavy atom. The highest BCUT2D eigenvalue weighted by Crippen LogP contribution is 2.02. The normalized spacial score (nSPS) is 11.3. The number of rotatable bonds is 10. The molecule has 0 fully saturated rings. The number of likely N-dealkylation sites (N-methyl/N-ethyl adjacent to an activating group) is 1. The van der Waals surface area contributed by atoms with Crippen molar-refractivity contribution >= 4 is 28.0 Å². The Bertz CT molecular complexity index is 757. The molecule has 0 saturated carbocycles. The Labute approximate surface area is 154 Å². The van der Waals surface area contributed by atoms with Crippen molar-refractivity contribution < 1.29 is 22.7 Å². The molecule has 0 heterocycles. The predicted octanol–water partition coefficient (Wildman–Crippen LogP) is 1.54. The lowest BCUT2D eigenvalue weighted by Gasteiger charge is -2.20. The van der Waals surface area contributed by atoms with Gasteiger partial charge in [-0.3, -0.25) is 9.59 Å². The number of ether oxygens (including phenoxy) is 1. The largest absolute Gasteiger partial charge is 0.455 e. The van der Waals surface area contributed by atoms with Gasteiger partial charge in [-0.2, -0.15) is 0 Å². The monoisotopic (exact) mass is 380 g/mol. The van der Waals surface area contributed by atoms with Gasteiger partial charge in [0.1, 0.15) is 6.54 Å². The average Bonchev–Trinajstić information content (AvgIpc) is 2.61. The molecule has 0 bridgehead atoms. The maximum Gasteiger partial charge on any atom is 0.321 e. The van der Waals surface area contributed by atoms with Crippen LogP contribution in [-0.4, -0.2) is 51.4 Å². The smallest absolute Gasteiger partial charge is 0.321 e. The minimum atomic E-state index is -3.79. The molecule has 0 aliphatic rings. The van der Waals surface area contributed by atoms with Crippen LogP contribution in [0, 0.1) is 0 Å². The summed E-state index contributed by atoms with van der Waals surface area (Å²) in [6.07, 6.45) is 1.41. The van der Waals surface area contributed by atoms with Crippen LogP contribution in [0.2, 0.25) is 0 Å². The molecule has 1 amide bonds. The van der Waals surface area contributed by atoms with Gasteiger partial charge in [-0.1, -0.05) is 42.5 Å². The fraction of sp³-hybridized carbons (Fsp3) is 0.333. The van der Waals surface area contributed by atoms with Crippen LogP contribution in [0.5, 0.6) is 0 Å². The topological polar surface area (TPSA) is 92.8 Å². The molecule has 1 aromatic carbocycles. The minimum absolute atomic E-state index is 0.365. The molecule has 142 valence electrons. The third-order valence-corrected chi connectivity index (χ3v) is 4.25. The first kappa shape index (κ1) is 21.6. The molecule has 0 aliphatic heterocycles. The maximum absolute atomic E-state index is 11.9. The molecule has 26 heavy (non-hydrogen) atoms. The lowest BCUT2D eigenvalue weighted by atomic mass is 10.2. The fourth-order valence-corrected chi connectivity index (χ4v) is 2.68. The summed E-state index contributed by atoms with van der Waals surface area (Å²) in [5.41, 5.74) is 1.52. The van der Waals surface area contributed by atoms with Crippen LogP contribution in [0.1, 0.15) is 19.4 Å². The standard InChI is InChI=1S/C18H24N2O5S/c1-4-20(13-15(2)3)17(21)14-25-18(22)12-19-26(23,24)11-10-16-8-6-5-7-9-16/h5-11,19H,2,4,12-14H2,1,3H3/b11-10+. The number of esters is 1. The van der Waals surface area contributed by atoms with E-state index in [9.17, 15) is 18.0 Å². The molecule has 0 radical (unpaired) electrons. The van der Waals surface area contributed by atoms with E-state index in [2.05, 4.69) is 11.3 Å². The van der Waals surface area contributed by atoms with Crippen LogP contribution in [0.15, 0.2) is 47.9 Å². The zero-order chi connectivity index (χ0) is 19.6. The molecule has 0 saturated heterocycles. The summed E-state index contributed by atoms with van der Waals surface area (Å²) in [7, 11) is -3.79. The molecule has 0 aliphatic carbocycles. The van der Waals surface area contributed by atoms with Gasteiger partial charge < -0.3 is 9.64 Å². The van der Waals surface area contributed by atoms with Crippen LogP contribution in [0.25, 0.3) is 6.08 Å². The number of hydrogen-bond donors (Lipinski definition) is 1. The second kappa shape index (κ2) is 10.5. The van der Waals surface area contributed by atoms with Crippen molar-refractivity contribution in [1.82, 2.24) is 9.62 Å². The van der Waals surface area contributed by atoms with Crippen molar-refractivity contribution in [3.63, 3.8) is 0 Å². The van der Waals surface area contributed by atoms with Crippen molar-refractivity contribution in [2.45, 2.75) is 13.8 Å². The van der Waals surface area contributed by atoms with Gasteiger partial charge in [0.25, 0.3) is 5.91 Å². The molecule has 0 unspecified atom stereocenters. The van der Waals surface area contributed by atoms with Gasteiger partial charge >= 0.3 is 5.97 Å². The SMILES string of the molecule is C=C(C)CN(CC)C(=O)COC(=O)CNS(=O)(=O)/C=C/c1ccccc1. The third kappa shape index (κ3) is 8.59. The zero-order valence-electron chi connectivity index (χ0n) is 15.0. The van der Waals surface area contributed by atoms with E-state index in [-0.39, 0.29) is 5.91 Å². The molecule has 1 rings (SSSR count). The van der Waals surface area contributed by atoms with Gasteiger partial charge in [-0.25, -0.2) is 13.1 Å². The van der Waals surface area contributed by atoms with Gasteiger partial charge in [0.2, 0.25) is 10.0 Å². The summed E-state index contributed by atoms with van der Waals surface area (Å²) in [6.45, 7) is 7.16.